The Morgan fingerprint density at radius 2 is 1.93 bits per heavy atom. The Hall–Kier alpha value is -0.250. The van der Waals surface area contributed by atoms with Gasteiger partial charge in [-0.25, -0.2) is 0 Å². The molecule has 1 aliphatic rings. The summed E-state index contributed by atoms with van der Waals surface area (Å²) in [5, 5.41) is 0. The summed E-state index contributed by atoms with van der Waals surface area (Å²) in [6.07, 6.45) is 2.90. The predicted molar refractivity (Wildman–Crippen MR) is 67.1 cm³/mol. The molecule has 1 aromatic carbocycles. The number of alkyl halides is 1. The minimum absolute atomic E-state index is 0.458. The fourth-order valence-corrected chi connectivity index (χ4v) is 2.36. The van der Waals surface area contributed by atoms with Crippen molar-refractivity contribution in [2.75, 3.05) is 0 Å². The Balaban J connectivity index is 1.80. The van der Waals surface area contributed by atoms with E-state index in [1.54, 1.807) is 0 Å². The van der Waals surface area contributed by atoms with Gasteiger partial charge in [0.05, 0.1) is 6.10 Å². The molecule has 2 rings (SSSR count). The van der Waals surface area contributed by atoms with Crippen molar-refractivity contribution in [3.05, 3.63) is 30.3 Å². The van der Waals surface area contributed by atoms with Gasteiger partial charge < -0.3 is 4.74 Å². The molecule has 1 aromatic rings. The van der Waals surface area contributed by atoms with Crippen LogP contribution >= 0.6 is 22.6 Å². The molecule has 76 valence electrons. The lowest BCUT2D eigenvalue weighted by Crippen LogP contribution is -2.37. The van der Waals surface area contributed by atoms with Gasteiger partial charge in [0.2, 0.25) is 0 Å². The minimum Gasteiger partial charge on any atom is -0.490 e. The molecule has 14 heavy (non-hydrogen) atoms. The van der Waals surface area contributed by atoms with E-state index < -0.39 is 0 Å². The average Bonchev–Trinajstić information content (AvgIpc) is 2.12. The molecule has 1 nitrogen and oxygen atoms in total. The van der Waals surface area contributed by atoms with Crippen LogP contribution < -0.4 is 4.74 Å². The van der Waals surface area contributed by atoms with Crippen molar-refractivity contribution in [2.24, 2.45) is 5.92 Å². The van der Waals surface area contributed by atoms with Crippen LogP contribution in [-0.2, 0) is 0 Å². The quantitative estimate of drug-likeness (QED) is 0.611. The van der Waals surface area contributed by atoms with Gasteiger partial charge in [-0.05, 0) is 30.9 Å². The second-order valence-electron chi connectivity index (χ2n) is 3.96. The monoisotopic (exact) mass is 302 g/mol. The summed E-state index contributed by atoms with van der Waals surface area (Å²) in [5.74, 6) is 1.88. The fourth-order valence-electron chi connectivity index (χ4n) is 1.77. The number of para-hydroxylation sites is 1. The number of ether oxygens (including phenoxy) is 1. The van der Waals surface area contributed by atoms with Gasteiger partial charge >= 0.3 is 0 Å². The van der Waals surface area contributed by atoms with Gasteiger partial charge in [-0.2, -0.15) is 0 Å². The van der Waals surface area contributed by atoms with E-state index in [-0.39, 0.29) is 0 Å². The third-order valence-electron chi connectivity index (χ3n) is 2.83. The van der Waals surface area contributed by atoms with Gasteiger partial charge in [0.1, 0.15) is 5.75 Å². The highest BCUT2D eigenvalue weighted by Crippen LogP contribution is 2.36. The molecule has 0 bridgehead atoms. The van der Waals surface area contributed by atoms with Crippen LogP contribution in [0.2, 0.25) is 0 Å². The summed E-state index contributed by atoms with van der Waals surface area (Å²) >= 11 is 2.51. The molecule has 2 heteroatoms. The zero-order valence-corrected chi connectivity index (χ0v) is 10.5. The van der Waals surface area contributed by atoms with Crippen LogP contribution in [0.25, 0.3) is 0 Å². The van der Waals surface area contributed by atoms with E-state index in [1.807, 2.05) is 30.3 Å². The molecule has 1 aliphatic carbocycles. The maximum Gasteiger partial charge on any atom is 0.119 e. The van der Waals surface area contributed by atoms with Crippen molar-refractivity contribution in [2.45, 2.75) is 29.8 Å². The Bertz CT molecular complexity index is 278. The average molecular weight is 302 g/mol. The number of halogens is 1. The summed E-state index contributed by atoms with van der Waals surface area (Å²) in [5.41, 5.74) is 0. The molecule has 0 heterocycles. The zero-order chi connectivity index (χ0) is 9.97. The van der Waals surface area contributed by atoms with Crippen molar-refractivity contribution < 1.29 is 4.74 Å². The number of hydrogen-bond donors (Lipinski definition) is 0. The molecule has 0 spiro atoms. The normalized spacial score (nSPS) is 27.9. The molecule has 1 unspecified atom stereocenters. The highest BCUT2D eigenvalue weighted by atomic mass is 127. The van der Waals surface area contributed by atoms with Crippen molar-refractivity contribution in [3.8, 4) is 5.75 Å². The predicted octanol–water partition coefficient (Wildman–Crippen LogP) is 3.67. The van der Waals surface area contributed by atoms with Gasteiger partial charge in [-0.1, -0.05) is 47.7 Å². The van der Waals surface area contributed by atoms with E-state index in [1.165, 1.54) is 12.8 Å². The van der Waals surface area contributed by atoms with E-state index in [9.17, 15) is 0 Å². The van der Waals surface area contributed by atoms with Gasteiger partial charge in [0.25, 0.3) is 0 Å². The van der Waals surface area contributed by atoms with Crippen LogP contribution in [0.1, 0.15) is 19.8 Å². The van der Waals surface area contributed by atoms with Gasteiger partial charge in [0.15, 0.2) is 0 Å². The number of hydrogen-bond acceptors (Lipinski definition) is 1. The van der Waals surface area contributed by atoms with Crippen LogP contribution in [-0.4, -0.2) is 10.0 Å². The Labute approximate surface area is 99.0 Å². The first kappa shape index (κ1) is 10.3. The summed E-state index contributed by atoms with van der Waals surface area (Å²) < 4.78 is 6.61. The second-order valence-corrected chi connectivity index (χ2v) is 5.93. The lowest BCUT2D eigenvalue weighted by molar-refractivity contribution is 0.0678. The third kappa shape index (κ3) is 2.41. The molecular weight excluding hydrogens is 287 g/mol. The SMILES string of the molecule is CC(I)C1CC(Oc2ccccc2)C1. The topological polar surface area (TPSA) is 9.23 Å². The lowest BCUT2D eigenvalue weighted by Gasteiger charge is -2.37. The van der Waals surface area contributed by atoms with Crippen molar-refractivity contribution in [1.29, 1.82) is 0 Å². The first-order valence-corrected chi connectivity index (χ1v) is 6.36. The highest BCUT2D eigenvalue weighted by Gasteiger charge is 2.33. The van der Waals surface area contributed by atoms with E-state index in [4.69, 9.17) is 4.74 Å². The minimum atomic E-state index is 0.458. The highest BCUT2D eigenvalue weighted by molar-refractivity contribution is 14.1. The van der Waals surface area contributed by atoms with E-state index in [0.29, 0.717) is 6.10 Å². The lowest BCUT2D eigenvalue weighted by atomic mass is 9.80. The molecule has 0 amide bonds. The van der Waals surface area contributed by atoms with Crippen molar-refractivity contribution in [1.82, 2.24) is 0 Å². The largest absolute Gasteiger partial charge is 0.490 e. The van der Waals surface area contributed by atoms with Crippen LogP contribution in [0, 0.1) is 5.92 Å². The smallest absolute Gasteiger partial charge is 0.119 e. The van der Waals surface area contributed by atoms with E-state index in [2.05, 4.69) is 29.5 Å². The van der Waals surface area contributed by atoms with E-state index in [0.717, 1.165) is 15.6 Å². The number of benzene rings is 1. The van der Waals surface area contributed by atoms with Gasteiger partial charge in [-0.3, -0.25) is 0 Å². The molecule has 1 saturated carbocycles. The molecule has 1 atom stereocenters. The number of rotatable bonds is 3. The molecular formula is C12H15IO. The Morgan fingerprint density at radius 3 is 2.50 bits per heavy atom. The summed E-state index contributed by atoms with van der Waals surface area (Å²) in [6.45, 7) is 2.28. The third-order valence-corrected chi connectivity index (χ3v) is 3.84. The van der Waals surface area contributed by atoms with Crippen LogP contribution in [0.3, 0.4) is 0 Å². The second kappa shape index (κ2) is 4.51. The fraction of sp³-hybridized carbons (Fsp3) is 0.500. The van der Waals surface area contributed by atoms with Crippen molar-refractivity contribution in [3.63, 3.8) is 0 Å². The maximum absolute atomic E-state index is 5.83. The van der Waals surface area contributed by atoms with Crippen LogP contribution in [0.5, 0.6) is 5.75 Å². The van der Waals surface area contributed by atoms with Crippen LogP contribution in [0.4, 0.5) is 0 Å². The van der Waals surface area contributed by atoms with E-state index >= 15 is 0 Å². The Morgan fingerprint density at radius 1 is 1.29 bits per heavy atom. The summed E-state index contributed by atoms with van der Waals surface area (Å²) in [7, 11) is 0. The molecule has 0 radical (unpaired) electrons. The summed E-state index contributed by atoms with van der Waals surface area (Å²) in [4.78, 5) is 0. The first-order valence-electron chi connectivity index (χ1n) is 5.11. The maximum atomic E-state index is 5.83. The first-order chi connectivity index (χ1) is 6.75. The zero-order valence-electron chi connectivity index (χ0n) is 8.32. The molecule has 0 N–H and O–H groups in total. The van der Waals surface area contributed by atoms with Gasteiger partial charge in [0, 0.05) is 3.92 Å². The van der Waals surface area contributed by atoms with Crippen LogP contribution in [0.15, 0.2) is 30.3 Å². The molecule has 0 aromatic heterocycles. The molecule has 0 saturated heterocycles. The van der Waals surface area contributed by atoms with Crippen molar-refractivity contribution >= 4 is 22.6 Å². The Kier molecular flexibility index (Phi) is 3.31. The summed E-state index contributed by atoms with van der Waals surface area (Å²) in [6, 6.07) is 10.1. The molecule has 1 fully saturated rings. The standard InChI is InChI=1S/C12H15IO/c1-9(13)10-7-12(8-10)14-11-5-3-2-4-6-11/h2-6,9-10,12H,7-8H2,1H3. The molecule has 0 aliphatic heterocycles. The van der Waals surface area contributed by atoms with Gasteiger partial charge in [-0.15, -0.1) is 0 Å².